The van der Waals surface area contributed by atoms with Gasteiger partial charge in [0.2, 0.25) is 53.2 Å². The molecule has 33 nitrogen and oxygen atoms in total. The van der Waals surface area contributed by atoms with Gasteiger partial charge in [-0.1, -0.05) is 12.1 Å². The highest BCUT2D eigenvalue weighted by Gasteiger charge is 2.33. The Labute approximate surface area is 502 Å². The summed E-state index contributed by atoms with van der Waals surface area (Å²) in [5.41, 5.74) is 67.9. The number of nitrogens with two attached hydrogens (primary N) is 12. The second-order valence-electron chi connectivity index (χ2n) is 20.6. The molecule has 486 valence electrons. The Hall–Kier alpha value is -8.14. The van der Waals surface area contributed by atoms with Crippen LogP contribution in [0.15, 0.2) is 39.2 Å². The summed E-state index contributed by atoms with van der Waals surface area (Å²) in [5, 5.41) is 31.2. The molecular formula is C53H99N23O10. The number of guanidine groups is 3. The van der Waals surface area contributed by atoms with Crippen molar-refractivity contribution in [2.24, 2.45) is 83.8 Å². The van der Waals surface area contributed by atoms with Gasteiger partial charge < -0.3 is 116 Å². The van der Waals surface area contributed by atoms with E-state index in [1.807, 2.05) is 0 Å². The molecule has 8 atom stereocenters. The highest BCUT2D eigenvalue weighted by molar-refractivity contribution is 5.97. The van der Waals surface area contributed by atoms with Gasteiger partial charge in [-0.3, -0.25) is 58.1 Å². The number of phenols is 1. The zero-order valence-corrected chi connectivity index (χ0v) is 49.4. The van der Waals surface area contributed by atoms with Crippen molar-refractivity contribution < 1.29 is 48.3 Å². The van der Waals surface area contributed by atoms with Crippen LogP contribution >= 0.6 is 0 Å². The van der Waals surface area contributed by atoms with Gasteiger partial charge in [0.15, 0.2) is 17.9 Å². The molecule has 33 heteroatoms. The minimum atomic E-state index is -1.42. The number of primary amides is 1. The first-order chi connectivity index (χ1) is 41.0. The zero-order valence-electron chi connectivity index (χ0n) is 49.4. The van der Waals surface area contributed by atoms with Gasteiger partial charge in [-0.2, -0.15) is 0 Å². The van der Waals surface area contributed by atoms with Gasteiger partial charge in [-0.25, -0.2) is 0 Å². The second-order valence-corrected chi connectivity index (χ2v) is 20.6. The number of carbonyl (C=O) groups excluding carboxylic acids is 9. The molecule has 86 heavy (non-hydrogen) atoms. The van der Waals surface area contributed by atoms with Crippen LogP contribution < -0.4 is 111 Å². The lowest BCUT2D eigenvalue weighted by Gasteiger charge is -2.27. The highest BCUT2D eigenvalue weighted by atomic mass is 16.3. The van der Waals surface area contributed by atoms with Crippen LogP contribution in [0.1, 0.15) is 121 Å². The lowest BCUT2D eigenvalue weighted by Crippen LogP contribution is -2.59. The first-order valence-electron chi connectivity index (χ1n) is 29.1. The van der Waals surface area contributed by atoms with Crippen LogP contribution in [-0.4, -0.2) is 177 Å². The van der Waals surface area contributed by atoms with Gasteiger partial charge >= 0.3 is 0 Å². The molecule has 0 radical (unpaired) electrons. The predicted octanol–water partition coefficient (Wildman–Crippen LogP) is -7.07. The third kappa shape index (κ3) is 34.0. The zero-order chi connectivity index (χ0) is 64.4. The molecule has 0 aliphatic carbocycles. The maximum Gasteiger partial charge on any atom is 0.243 e. The maximum absolute atomic E-state index is 14.5. The van der Waals surface area contributed by atoms with E-state index in [1.165, 1.54) is 24.3 Å². The van der Waals surface area contributed by atoms with Crippen molar-refractivity contribution in [2.75, 3.05) is 52.4 Å². The van der Waals surface area contributed by atoms with E-state index >= 15 is 0 Å². The fourth-order valence-corrected chi connectivity index (χ4v) is 8.51. The van der Waals surface area contributed by atoms with Gasteiger partial charge in [0.1, 0.15) is 48.0 Å². The SMILES string of the molecule is NCCCC[C@H](NC(=O)[C@H](CCCN=C(N)N)NC(=O)[C@H](CCCN=C(N)N)NC(=O)CNC(=O)[C@H](CCCCN)NC(=O)[C@H](Cc1ccc(O)cc1)NC(=O)[C@H](CCCCN)NC(=O)[C@H](CCCCN)NC(=O)[C@@H](N)CCCN=C(N)N)C(N)=O. The van der Waals surface area contributed by atoms with Crippen LogP contribution in [0.2, 0.25) is 0 Å². The van der Waals surface area contributed by atoms with Crippen LogP contribution in [-0.2, 0) is 49.6 Å². The molecule has 0 aliphatic rings. The van der Waals surface area contributed by atoms with Crippen molar-refractivity contribution >= 4 is 71.0 Å². The summed E-state index contributed by atoms with van der Waals surface area (Å²) in [4.78, 5) is 136. The van der Waals surface area contributed by atoms with E-state index in [4.69, 9.17) is 68.8 Å². The van der Waals surface area contributed by atoms with Gasteiger partial charge in [0.05, 0.1) is 12.6 Å². The van der Waals surface area contributed by atoms with Crippen LogP contribution in [0.3, 0.4) is 0 Å². The van der Waals surface area contributed by atoms with E-state index in [9.17, 15) is 48.3 Å². The summed E-state index contributed by atoms with van der Waals surface area (Å²) in [6, 6.07) is -4.08. The van der Waals surface area contributed by atoms with Gasteiger partial charge in [0, 0.05) is 26.1 Å². The number of nitrogens with one attached hydrogen (secondary N) is 8. The number of unbranched alkanes of at least 4 members (excludes halogenated alkanes) is 4. The number of hydrogen-bond donors (Lipinski definition) is 21. The second kappa shape index (κ2) is 44.4. The van der Waals surface area contributed by atoms with E-state index in [1.54, 1.807) is 0 Å². The molecule has 0 heterocycles. The van der Waals surface area contributed by atoms with Gasteiger partial charge in [-0.05, 0) is 159 Å². The molecule has 0 saturated carbocycles. The Morgan fingerprint density at radius 2 is 0.698 bits per heavy atom. The van der Waals surface area contributed by atoms with Crippen LogP contribution in [0, 0.1) is 0 Å². The van der Waals surface area contributed by atoms with Crippen LogP contribution in [0.25, 0.3) is 0 Å². The summed E-state index contributed by atoms with van der Waals surface area (Å²) in [5.74, 6) is -7.67. The Kier molecular flexibility index (Phi) is 39.1. The molecule has 0 aliphatic heterocycles. The minimum Gasteiger partial charge on any atom is -0.508 e. The Morgan fingerprint density at radius 1 is 0.384 bits per heavy atom. The van der Waals surface area contributed by atoms with Crippen molar-refractivity contribution in [1.82, 2.24) is 42.5 Å². The number of rotatable bonds is 47. The number of hydrogen-bond acceptors (Lipinski definition) is 18. The molecule has 1 aromatic rings. The van der Waals surface area contributed by atoms with E-state index < -0.39 is 108 Å². The van der Waals surface area contributed by atoms with E-state index in [0.717, 1.165) is 0 Å². The van der Waals surface area contributed by atoms with Crippen molar-refractivity contribution in [1.29, 1.82) is 0 Å². The van der Waals surface area contributed by atoms with E-state index in [0.29, 0.717) is 76.4 Å². The highest BCUT2D eigenvalue weighted by Crippen LogP contribution is 2.14. The lowest BCUT2D eigenvalue weighted by atomic mass is 10.0. The van der Waals surface area contributed by atoms with Crippen LogP contribution in [0.5, 0.6) is 5.75 Å². The molecule has 33 N–H and O–H groups in total. The first-order valence-corrected chi connectivity index (χ1v) is 29.1. The fraction of sp³-hybridized carbons (Fsp3) is 0.660. The molecule has 0 unspecified atom stereocenters. The number of amides is 9. The van der Waals surface area contributed by atoms with E-state index in [-0.39, 0.29) is 121 Å². The average molecular weight is 1220 g/mol. The molecular weight excluding hydrogens is 1120 g/mol. The quantitative estimate of drug-likeness (QED) is 0.0164. The van der Waals surface area contributed by atoms with E-state index in [2.05, 4.69) is 57.5 Å². The number of aliphatic imine (C=N–C) groups is 3. The molecule has 1 aromatic carbocycles. The number of nitrogens with zero attached hydrogens (tertiary/aromatic N) is 3. The largest absolute Gasteiger partial charge is 0.508 e. The smallest absolute Gasteiger partial charge is 0.243 e. The summed E-state index contributed by atoms with van der Waals surface area (Å²) in [7, 11) is 0. The predicted molar refractivity (Wildman–Crippen MR) is 327 cm³/mol. The van der Waals surface area contributed by atoms with Crippen molar-refractivity contribution in [3.05, 3.63) is 29.8 Å². The lowest BCUT2D eigenvalue weighted by molar-refractivity contribution is -0.135. The molecule has 1 rings (SSSR count). The summed E-state index contributed by atoms with van der Waals surface area (Å²) in [6.45, 7) is 0.784. The number of carbonyl (C=O) groups is 9. The Balaban J connectivity index is 3.55. The van der Waals surface area contributed by atoms with Crippen molar-refractivity contribution in [2.45, 2.75) is 170 Å². The minimum absolute atomic E-state index is 0.0112. The average Bonchev–Trinajstić information content (AvgIpc) is 3.66. The number of phenolic OH excluding ortho intramolecular Hbond substituents is 1. The summed E-state index contributed by atoms with van der Waals surface area (Å²) < 4.78 is 0. The maximum atomic E-state index is 14.5. The first kappa shape index (κ1) is 75.9. The summed E-state index contributed by atoms with van der Waals surface area (Å²) in [6.07, 6.45) is 4.61. The Morgan fingerprint density at radius 3 is 1.08 bits per heavy atom. The summed E-state index contributed by atoms with van der Waals surface area (Å²) >= 11 is 0. The van der Waals surface area contributed by atoms with Gasteiger partial charge in [0.25, 0.3) is 0 Å². The molecule has 0 bridgehead atoms. The van der Waals surface area contributed by atoms with Gasteiger partial charge in [-0.15, -0.1) is 0 Å². The topological polar surface area (TPSA) is 619 Å². The molecule has 0 aromatic heterocycles. The molecule has 0 fully saturated rings. The standard InChI is InChI=1S/C53H99N23O10/c54-23-5-1-13-35(43(59)79)71-47(83)40(18-11-29-68-53(64)65)75-46(82)37(17-10-28-67-52(62)63)70-42(78)31-69-45(81)36(14-2-6-24-55)73-50(86)41(30-32-19-21-33(77)22-20-32)76-49(85)39(16-4-8-26-57)74-48(84)38(15-3-7-25-56)72-44(80)34(58)12-9-27-66-51(60)61/h19-22,34-41,77H,1-18,23-31,54-58H2,(H2,59,79)(H,69,81)(H,70,78)(H,71,83)(H,72,80)(H,73,86)(H,74,84)(H,75,82)(H,76,85)(H4,60,61,66)(H4,62,63,67)(H4,64,65,68)/t34-,35-,36-,37-,38-,39-,40-,41-/m0/s1. The normalized spacial score (nSPS) is 13.7. The molecule has 0 spiro atoms. The van der Waals surface area contributed by atoms with Crippen molar-refractivity contribution in [3.8, 4) is 5.75 Å². The number of benzene rings is 1. The Bertz CT molecular complexity index is 2330. The van der Waals surface area contributed by atoms with Crippen molar-refractivity contribution in [3.63, 3.8) is 0 Å². The molecule has 0 saturated heterocycles. The third-order valence-corrected chi connectivity index (χ3v) is 13.3. The monoisotopic (exact) mass is 1220 g/mol. The molecule has 9 amide bonds. The fourth-order valence-electron chi connectivity index (χ4n) is 8.51. The third-order valence-electron chi connectivity index (χ3n) is 13.3. The number of aromatic hydroxyl groups is 1. The van der Waals surface area contributed by atoms with Crippen LogP contribution in [0.4, 0.5) is 0 Å².